The molecule has 1 aromatic carbocycles. The van der Waals surface area contributed by atoms with Crippen LogP contribution in [0.2, 0.25) is 0 Å². The molecule has 0 aliphatic carbocycles. The SMILES string of the molecule is CC(C)c1ncccc1-c1ncc2c(n1)N(Cc1ccc(-n3nccn3)cc1)C(=O)C2. The summed E-state index contributed by atoms with van der Waals surface area (Å²) in [6, 6.07) is 11.7. The van der Waals surface area contributed by atoms with Crippen molar-refractivity contribution in [1.29, 1.82) is 0 Å². The molecule has 0 bridgehead atoms. The summed E-state index contributed by atoms with van der Waals surface area (Å²) in [5.74, 6) is 1.53. The number of hydrogen-bond donors (Lipinski definition) is 0. The summed E-state index contributed by atoms with van der Waals surface area (Å²) in [6.45, 7) is 4.63. The number of amides is 1. The Balaban J connectivity index is 1.45. The molecule has 5 rings (SSSR count). The number of nitrogens with zero attached hydrogens (tertiary/aromatic N) is 7. The van der Waals surface area contributed by atoms with Crippen LogP contribution in [0.15, 0.2) is 61.2 Å². The molecule has 0 fully saturated rings. The van der Waals surface area contributed by atoms with Gasteiger partial charge >= 0.3 is 0 Å². The van der Waals surface area contributed by atoms with Gasteiger partial charge < -0.3 is 0 Å². The van der Waals surface area contributed by atoms with E-state index in [1.807, 2.05) is 36.4 Å². The lowest BCUT2D eigenvalue weighted by molar-refractivity contribution is -0.117. The average Bonchev–Trinajstić information content (AvgIpc) is 3.43. The van der Waals surface area contributed by atoms with E-state index in [-0.39, 0.29) is 11.8 Å². The highest BCUT2D eigenvalue weighted by molar-refractivity contribution is 6.00. The van der Waals surface area contributed by atoms with E-state index in [4.69, 9.17) is 4.98 Å². The molecule has 1 aliphatic rings. The number of rotatable bonds is 5. The predicted molar refractivity (Wildman–Crippen MR) is 116 cm³/mol. The monoisotopic (exact) mass is 411 g/mol. The molecule has 8 heteroatoms. The summed E-state index contributed by atoms with van der Waals surface area (Å²) >= 11 is 0. The molecule has 0 saturated heterocycles. The van der Waals surface area contributed by atoms with E-state index >= 15 is 0 Å². The van der Waals surface area contributed by atoms with Crippen LogP contribution in [-0.2, 0) is 17.8 Å². The molecule has 0 spiro atoms. The Kier molecular flexibility index (Phi) is 4.74. The van der Waals surface area contributed by atoms with Gasteiger partial charge in [0.05, 0.1) is 36.7 Å². The van der Waals surface area contributed by atoms with E-state index in [1.54, 1.807) is 34.5 Å². The number of aromatic nitrogens is 6. The molecular weight excluding hydrogens is 390 g/mol. The Morgan fingerprint density at radius 3 is 2.52 bits per heavy atom. The standard InChI is InChI=1S/C23H21N7O/c1-15(2)21-19(4-3-9-24-21)22-25-13-17-12-20(31)29(23(17)28-22)14-16-5-7-18(8-6-16)30-26-10-11-27-30/h3-11,13,15H,12,14H2,1-2H3. The van der Waals surface area contributed by atoms with Gasteiger partial charge in [0, 0.05) is 23.5 Å². The first-order valence-electron chi connectivity index (χ1n) is 10.2. The summed E-state index contributed by atoms with van der Waals surface area (Å²) in [4.78, 5) is 29.8. The van der Waals surface area contributed by atoms with Gasteiger partial charge in [-0.05, 0) is 35.7 Å². The molecule has 1 aliphatic heterocycles. The number of benzene rings is 1. The quantitative estimate of drug-likeness (QED) is 0.500. The zero-order chi connectivity index (χ0) is 21.4. The molecule has 4 aromatic rings. The molecule has 0 atom stereocenters. The van der Waals surface area contributed by atoms with E-state index in [1.165, 1.54) is 0 Å². The van der Waals surface area contributed by atoms with E-state index in [2.05, 4.69) is 34.0 Å². The van der Waals surface area contributed by atoms with E-state index in [0.29, 0.717) is 24.6 Å². The van der Waals surface area contributed by atoms with Gasteiger partial charge in [0.1, 0.15) is 5.82 Å². The lowest BCUT2D eigenvalue weighted by Gasteiger charge is -2.18. The third-order valence-electron chi connectivity index (χ3n) is 5.29. The smallest absolute Gasteiger partial charge is 0.233 e. The van der Waals surface area contributed by atoms with Crippen LogP contribution in [-0.4, -0.2) is 35.9 Å². The van der Waals surface area contributed by atoms with Crippen LogP contribution in [0.5, 0.6) is 0 Å². The third-order valence-corrected chi connectivity index (χ3v) is 5.29. The number of carbonyl (C=O) groups is 1. The zero-order valence-corrected chi connectivity index (χ0v) is 17.3. The average molecular weight is 411 g/mol. The maximum absolute atomic E-state index is 12.7. The molecule has 0 N–H and O–H groups in total. The zero-order valence-electron chi connectivity index (χ0n) is 17.3. The number of fused-ring (bicyclic) bond motifs is 1. The van der Waals surface area contributed by atoms with Crippen molar-refractivity contribution >= 4 is 11.7 Å². The van der Waals surface area contributed by atoms with Crippen LogP contribution < -0.4 is 4.90 Å². The fraction of sp³-hybridized carbons (Fsp3) is 0.217. The summed E-state index contributed by atoms with van der Waals surface area (Å²) in [5.41, 5.74) is 4.56. The molecule has 0 radical (unpaired) electrons. The van der Waals surface area contributed by atoms with Gasteiger partial charge in [-0.1, -0.05) is 26.0 Å². The summed E-state index contributed by atoms with van der Waals surface area (Å²) in [5, 5.41) is 8.28. The lowest BCUT2D eigenvalue weighted by atomic mass is 10.0. The van der Waals surface area contributed by atoms with Crippen molar-refractivity contribution in [2.45, 2.75) is 32.7 Å². The fourth-order valence-electron chi connectivity index (χ4n) is 3.76. The van der Waals surface area contributed by atoms with Crippen LogP contribution in [0.25, 0.3) is 17.1 Å². The maximum atomic E-state index is 12.7. The highest BCUT2D eigenvalue weighted by atomic mass is 16.2. The Morgan fingerprint density at radius 1 is 1.00 bits per heavy atom. The van der Waals surface area contributed by atoms with Crippen LogP contribution >= 0.6 is 0 Å². The maximum Gasteiger partial charge on any atom is 0.233 e. The molecule has 8 nitrogen and oxygen atoms in total. The Bertz CT molecular complexity index is 1230. The second kappa shape index (κ2) is 7.71. The van der Waals surface area contributed by atoms with Gasteiger partial charge in [-0.25, -0.2) is 9.97 Å². The van der Waals surface area contributed by atoms with E-state index < -0.39 is 0 Å². The minimum atomic E-state index is 0.0227. The largest absolute Gasteiger partial charge is 0.292 e. The van der Waals surface area contributed by atoms with E-state index in [0.717, 1.165) is 28.1 Å². The van der Waals surface area contributed by atoms with Crippen LogP contribution in [0.3, 0.4) is 0 Å². The first-order chi connectivity index (χ1) is 15.1. The summed E-state index contributed by atoms with van der Waals surface area (Å²) < 4.78 is 0. The molecule has 4 heterocycles. The topological polar surface area (TPSA) is 89.7 Å². The van der Waals surface area contributed by atoms with Gasteiger partial charge in [0.25, 0.3) is 0 Å². The Hall–Kier alpha value is -3.94. The Morgan fingerprint density at radius 2 is 1.77 bits per heavy atom. The van der Waals surface area contributed by atoms with Crippen molar-refractivity contribution in [3.8, 4) is 17.1 Å². The molecule has 3 aromatic heterocycles. The first kappa shape index (κ1) is 19.0. The van der Waals surface area contributed by atoms with Crippen molar-refractivity contribution in [2.24, 2.45) is 0 Å². The molecule has 154 valence electrons. The normalized spacial score (nSPS) is 13.1. The Labute approximate surface area is 179 Å². The number of pyridine rings is 1. The molecular formula is C23H21N7O. The second-order valence-electron chi connectivity index (χ2n) is 7.77. The lowest BCUT2D eigenvalue weighted by Crippen LogP contribution is -2.26. The van der Waals surface area contributed by atoms with Gasteiger partial charge in [-0.2, -0.15) is 15.0 Å². The van der Waals surface area contributed by atoms with Gasteiger partial charge in [0.2, 0.25) is 5.91 Å². The van der Waals surface area contributed by atoms with Crippen LogP contribution in [0, 0.1) is 0 Å². The predicted octanol–water partition coefficient (Wildman–Crippen LogP) is 3.33. The fourth-order valence-corrected chi connectivity index (χ4v) is 3.76. The number of hydrogen-bond acceptors (Lipinski definition) is 6. The van der Waals surface area contributed by atoms with Gasteiger partial charge in [0.15, 0.2) is 5.82 Å². The highest BCUT2D eigenvalue weighted by Gasteiger charge is 2.30. The van der Waals surface area contributed by atoms with Crippen molar-refractivity contribution in [1.82, 2.24) is 29.9 Å². The molecule has 31 heavy (non-hydrogen) atoms. The first-order valence-corrected chi connectivity index (χ1v) is 10.2. The molecule has 0 unspecified atom stereocenters. The van der Waals surface area contributed by atoms with Crippen molar-refractivity contribution in [3.63, 3.8) is 0 Å². The van der Waals surface area contributed by atoms with Crippen molar-refractivity contribution in [3.05, 3.63) is 78.0 Å². The van der Waals surface area contributed by atoms with Gasteiger partial charge in [-0.15, -0.1) is 0 Å². The van der Waals surface area contributed by atoms with E-state index in [9.17, 15) is 4.79 Å². The molecule has 0 saturated carbocycles. The summed E-state index contributed by atoms with van der Waals surface area (Å²) in [6.07, 6.45) is 7.13. The van der Waals surface area contributed by atoms with Crippen molar-refractivity contribution < 1.29 is 4.79 Å². The van der Waals surface area contributed by atoms with Crippen molar-refractivity contribution in [2.75, 3.05) is 4.90 Å². The third kappa shape index (κ3) is 3.56. The second-order valence-corrected chi connectivity index (χ2v) is 7.77. The number of anilines is 1. The number of carbonyl (C=O) groups excluding carboxylic acids is 1. The minimum absolute atomic E-state index is 0.0227. The van der Waals surface area contributed by atoms with Crippen LogP contribution in [0.1, 0.15) is 36.6 Å². The van der Waals surface area contributed by atoms with Gasteiger partial charge in [-0.3, -0.25) is 14.7 Å². The van der Waals surface area contributed by atoms with Crippen LogP contribution in [0.4, 0.5) is 5.82 Å². The summed E-state index contributed by atoms with van der Waals surface area (Å²) in [7, 11) is 0. The highest BCUT2D eigenvalue weighted by Crippen LogP contribution is 2.32. The molecule has 1 amide bonds. The minimum Gasteiger partial charge on any atom is -0.292 e.